The van der Waals surface area contributed by atoms with Crippen molar-refractivity contribution >= 4 is 0 Å². The molecular formula is C33H45N3O. The van der Waals surface area contributed by atoms with Crippen LogP contribution in [-0.2, 0) is 17.7 Å². The molecule has 2 saturated carbocycles. The maximum atomic E-state index is 7.60. The van der Waals surface area contributed by atoms with E-state index in [1.54, 1.807) is 22.3 Å². The van der Waals surface area contributed by atoms with Gasteiger partial charge in [-0.05, 0) is 98.4 Å². The van der Waals surface area contributed by atoms with Gasteiger partial charge in [0.15, 0.2) is 0 Å². The average Bonchev–Trinajstić information content (AvgIpc) is 3.43. The molecule has 4 heterocycles. The van der Waals surface area contributed by atoms with Gasteiger partial charge in [0.2, 0.25) is 0 Å². The van der Waals surface area contributed by atoms with Gasteiger partial charge in [-0.15, -0.1) is 0 Å². The van der Waals surface area contributed by atoms with Crippen LogP contribution in [-0.4, -0.2) is 77.8 Å². The fraction of sp³-hybridized carbons (Fsp3) is 0.697. The second-order valence-electron chi connectivity index (χ2n) is 13.9. The van der Waals surface area contributed by atoms with Gasteiger partial charge in [0.1, 0.15) is 0 Å². The van der Waals surface area contributed by atoms with Crippen molar-refractivity contribution in [2.45, 2.75) is 94.5 Å². The smallest absolute Gasteiger partial charge is 0.0975 e. The molecule has 0 radical (unpaired) electrons. The zero-order valence-corrected chi connectivity index (χ0v) is 23.1. The molecule has 4 heteroatoms. The van der Waals surface area contributed by atoms with E-state index in [1.807, 2.05) is 0 Å². The molecule has 3 aliphatic carbocycles. The third-order valence-electron chi connectivity index (χ3n) is 12.3. The molecule has 1 aromatic carbocycles. The van der Waals surface area contributed by atoms with E-state index >= 15 is 0 Å². The summed E-state index contributed by atoms with van der Waals surface area (Å²) in [4.78, 5) is 8.15. The summed E-state index contributed by atoms with van der Waals surface area (Å²) >= 11 is 0. The molecule has 0 aromatic heterocycles. The molecule has 4 nitrogen and oxygen atoms in total. The molecule has 8 rings (SSSR count). The first-order valence-electron chi connectivity index (χ1n) is 15.3. The third kappa shape index (κ3) is 3.35. The predicted molar refractivity (Wildman–Crippen MR) is 148 cm³/mol. The summed E-state index contributed by atoms with van der Waals surface area (Å²) in [5.41, 5.74) is 6.65. The van der Waals surface area contributed by atoms with Crippen molar-refractivity contribution in [3.63, 3.8) is 0 Å². The fourth-order valence-corrected chi connectivity index (χ4v) is 10.2. The van der Waals surface area contributed by atoms with Crippen molar-refractivity contribution in [3.05, 3.63) is 58.7 Å². The van der Waals surface area contributed by atoms with Crippen LogP contribution in [0.4, 0.5) is 0 Å². The lowest BCUT2D eigenvalue weighted by Crippen LogP contribution is -2.58. The summed E-state index contributed by atoms with van der Waals surface area (Å²) in [6.45, 7) is 9.88. The van der Waals surface area contributed by atoms with Crippen molar-refractivity contribution < 1.29 is 4.74 Å². The number of fused-ring (bicyclic) bond motifs is 2. The third-order valence-corrected chi connectivity index (χ3v) is 12.3. The molecule has 2 spiro atoms. The first kappa shape index (κ1) is 23.4. The predicted octanol–water partition coefficient (Wildman–Crippen LogP) is 5.19. The number of benzene rings is 1. The van der Waals surface area contributed by atoms with E-state index in [0.29, 0.717) is 23.4 Å². The molecule has 2 bridgehead atoms. The molecule has 198 valence electrons. The Morgan fingerprint density at radius 3 is 2.59 bits per heavy atom. The standard InChI is InChI=1S/C33H45N3O/c1-31-13-11-27-21-26-7-8-28(35-19-17-34(2)18-20-35)22-32(26)14-15-33(27,37-32)29(31)9-10-30(31)36-16-12-24-5-3-4-6-25(24)23-36/h3-6,11,21,28-30H,7-10,12-20,22-23H2,1-2H3/t28-,29-,30+,31+,32-,33-/m1/s1. The van der Waals surface area contributed by atoms with E-state index in [1.165, 1.54) is 90.5 Å². The molecule has 1 aromatic rings. The monoisotopic (exact) mass is 499 g/mol. The van der Waals surface area contributed by atoms with E-state index in [4.69, 9.17) is 4.74 Å². The van der Waals surface area contributed by atoms with Crippen molar-refractivity contribution in [2.24, 2.45) is 11.3 Å². The Morgan fingerprint density at radius 1 is 0.892 bits per heavy atom. The van der Waals surface area contributed by atoms with Gasteiger partial charge in [0.25, 0.3) is 0 Å². The van der Waals surface area contributed by atoms with E-state index < -0.39 is 0 Å². The Balaban J connectivity index is 1.07. The summed E-state index contributed by atoms with van der Waals surface area (Å²) in [7, 11) is 2.27. The summed E-state index contributed by atoms with van der Waals surface area (Å²) in [6.07, 6.45) is 16.7. The zero-order valence-electron chi connectivity index (χ0n) is 23.1. The van der Waals surface area contributed by atoms with E-state index in [0.717, 1.165) is 6.54 Å². The van der Waals surface area contributed by atoms with Crippen molar-refractivity contribution in [3.8, 4) is 0 Å². The van der Waals surface area contributed by atoms with Gasteiger partial charge in [-0.25, -0.2) is 0 Å². The number of nitrogens with zero attached hydrogens (tertiary/aromatic N) is 3. The van der Waals surface area contributed by atoms with Gasteiger partial charge < -0.3 is 9.64 Å². The highest BCUT2D eigenvalue weighted by atomic mass is 16.5. The number of likely N-dealkylation sites (N-methyl/N-ethyl adjacent to an activating group) is 1. The molecule has 37 heavy (non-hydrogen) atoms. The van der Waals surface area contributed by atoms with Crippen LogP contribution in [0.1, 0.15) is 69.4 Å². The zero-order chi connectivity index (χ0) is 24.8. The van der Waals surface area contributed by atoms with Crippen LogP contribution in [0.3, 0.4) is 0 Å². The highest BCUT2D eigenvalue weighted by Gasteiger charge is 2.67. The lowest BCUT2D eigenvalue weighted by molar-refractivity contribution is -0.146. The van der Waals surface area contributed by atoms with Crippen molar-refractivity contribution in [1.82, 2.24) is 14.7 Å². The maximum Gasteiger partial charge on any atom is 0.0975 e. The van der Waals surface area contributed by atoms with Crippen molar-refractivity contribution in [2.75, 3.05) is 39.8 Å². The van der Waals surface area contributed by atoms with Gasteiger partial charge in [0, 0.05) is 51.4 Å². The minimum absolute atomic E-state index is 0.0179. The summed E-state index contributed by atoms with van der Waals surface area (Å²) < 4.78 is 7.60. The van der Waals surface area contributed by atoms with Crippen LogP contribution in [0.15, 0.2) is 47.6 Å². The number of hydrogen-bond acceptors (Lipinski definition) is 4. The Morgan fingerprint density at radius 2 is 1.73 bits per heavy atom. The molecule has 0 amide bonds. The van der Waals surface area contributed by atoms with Gasteiger partial charge in [0.05, 0.1) is 11.2 Å². The number of piperazine rings is 1. The summed E-state index contributed by atoms with van der Waals surface area (Å²) in [6, 6.07) is 10.5. The van der Waals surface area contributed by atoms with E-state index in [-0.39, 0.29) is 11.2 Å². The molecule has 2 saturated heterocycles. The number of allylic oxidation sites excluding steroid dienone is 1. The first-order chi connectivity index (χ1) is 18.0. The van der Waals surface area contributed by atoms with Crippen LogP contribution in [0.2, 0.25) is 0 Å². The lowest BCUT2D eigenvalue weighted by atomic mass is 9.59. The van der Waals surface area contributed by atoms with Crippen molar-refractivity contribution in [1.29, 1.82) is 0 Å². The molecule has 4 fully saturated rings. The first-order valence-corrected chi connectivity index (χ1v) is 15.3. The molecule has 0 unspecified atom stereocenters. The second kappa shape index (κ2) is 8.27. The molecule has 6 atom stereocenters. The number of hydrogen-bond donors (Lipinski definition) is 0. The maximum absolute atomic E-state index is 7.60. The molecule has 7 aliphatic rings. The van der Waals surface area contributed by atoms with Crippen LogP contribution >= 0.6 is 0 Å². The highest BCUT2D eigenvalue weighted by Crippen LogP contribution is 2.67. The Bertz CT molecular complexity index is 1150. The minimum atomic E-state index is -0.0249. The number of ether oxygens (including phenoxy) is 1. The minimum Gasteiger partial charge on any atom is -0.359 e. The van der Waals surface area contributed by atoms with E-state index in [2.05, 4.69) is 65.1 Å². The van der Waals surface area contributed by atoms with Gasteiger partial charge in [-0.1, -0.05) is 43.3 Å². The largest absolute Gasteiger partial charge is 0.359 e. The fourth-order valence-electron chi connectivity index (χ4n) is 10.2. The Labute approximate surface area is 223 Å². The second-order valence-corrected chi connectivity index (χ2v) is 13.9. The van der Waals surface area contributed by atoms with E-state index in [9.17, 15) is 0 Å². The van der Waals surface area contributed by atoms with Gasteiger partial charge >= 0.3 is 0 Å². The topological polar surface area (TPSA) is 19.0 Å². The van der Waals surface area contributed by atoms with Gasteiger partial charge in [-0.2, -0.15) is 0 Å². The van der Waals surface area contributed by atoms with Crippen LogP contribution in [0, 0.1) is 11.3 Å². The molecule has 4 aliphatic heterocycles. The quantitative estimate of drug-likeness (QED) is 0.558. The Kier molecular flexibility index (Phi) is 5.24. The highest BCUT2D eigenvalue weighted by molar-refractivity contribution is 5.47. The SMILES string of the molecule is CN1CCN([C@@H]2CCC3=CC4=CC[C@]5(C)[C@@H](N6CCc7ccccc7C6)CC[C@H]5[C@@]45CC[C@]3(C2)O5)CC1. The van der Waals surface area contributed by atoms with Crippen LogP contribution in [0.5, 0.6) is 0 Å². The normalized spacial score (nSPS) is 43.9. The molecule has 0 N–H and O–H groups in total. The molecular weight excluding hydrogens is 454 g/mol. The average molecular weight is 500 g/mol. The van der Waals surface area contributed by atoms with Crippen LogP contribution < -0.4 is 0 Å². The summed E-state index contributed by atoms with van der Waals surface area (Å²) in [5.74, 6) is 0.656. The number of rotatable bonds is 2. The Hall–Kier alpha value is -1.46. The van der Waals surface area contributed by atoms with Gasteiger partial charge in [-0.3, -0.25) is 9.80 Å². The summed E-state index contributed by atoms with van der Waals surface area (Å²) in [5, 5.41) is 0. The van der Waals surface area contributed by atoms with Crippen LogP contribution in [0.25, 0.3) is 0 Å². The lowest BCUT2D eigenvalue weighted by Gasteiger charge is -2.56.